The normalized spacial score (nSPS) is 17.9. The maximum atomic E-state index is 12.4. The number of hydrogen-bond donors (Lipinski definition) is 1. The minimum atomic E-state index is 0. The SMILES string of the molecule is CN(C)CC1CCCN1C(=O)CCc1ccccc1N.Cl. The molecule has 0 bridgehead atoms. The Morgan fingerprint density at radius 2 is 2.10 bits per heavy atom. The zero-order valence-electron chi connectivity index (χ0n) is 12.9. The van der Waals surface area contributed by atoms with Gasteiger partial charge in [0, 0.05) is 31.2 Å². The van der Waals surface area contributed by atoms with Gasteiger partial charge < -0.3 is 15.5 Å². The van der Waals surface area contributed by atoms with Crippen LogP contribution in [-0.2, 0) is 11.2 Å². The lowest BCUT2D eigenvalue weighted by Crippen LogP contribution is -2.41. The van der Waals surface area contributed by atoms with Crippen molar-refractivity contribution in [2.45, 2.75) is 31.7 Å². The molecule has 0 aliphatic carbocycles. The number of amides is 1. The molecule has 0 saturated carbocycles. The topological polar surface area (TPSA) is 49.6 Å². The fourth-order valence-electron chi connectivity index (χ4n) is 2.92. The van der Waals surface area contributed by atoms with Crippen LogP contribution in [0.5, 0.6) is 0 Å². The van der Waals surface area contributed by atoms with Crippen LogP contribution in [0.2, 0.25) is 0 Å². The highest BCUT2D eigenvalue weighted by atomic mass is 35.5. The lowest BCUT2D eigenvalue weighted by Gasteiger charge is -2.27. The van der Waals surface area contributed by atoms with Crippen LogP contribution in [-0.4, -0.2) is 48.9 Å². The number of para-hydroxylation sites is 1. The minimum Gasteiger partial charge on any atom is -0.399 e. The van der Waals surface area contributed by atoms with Gasteiger partial charge in [0.1, 0.15) is 0 Å². The van der Waals surface area contributed by atoms with Gasteiger partial charge in [-0.25, -0.2) is 0 Å². The molecule has 118 valence electrons. The predicted molar refractivity (Wildman–Crippen MR) is 89.7 cm³/mol. The van der Waals surface area contributed by atoms with E-state index >= 15 is 0 Å². The first-order chi connectivity index (χ1) is 9.58. The van der Waals surface area contributed by atoms with Gasteiger partial charge in [-0.1, -0.05) is 18.2 Å². The van der Waals surface area contributed by atoms with E-state index in [0.29, 0.717) is 12.5 Å². The Kier molecular flexibility index (Phi) is 6.99. The average Bonchev–Trinajstić information content (AvgIpc) is 2.85. The Bertz CT molecular complexity index is 465. The summed E-state index contributed by atoms with van der Waals surface area (Å²) >= 11 is 0. The zero-order valence-corrected chi connectivity index (χ0v) is 13.7. The number of likely N-dealkylation sites (N-methyl/N-ethyl adjacent to an activating group) is 1. The second-order valence-corrected chi connectivity index (χ2v) is 5.84. The zero-order chi connectivity index (χ0) is 14.5. The lowest BCUT2D eigenvalue weighted by molar-refractivity contribution is -0.132. The second-order valence-electron chi connectivity index (χ2n) is 5.84. The summed E-state index contributed by atoms with van der Waals surface area (Å²) in [5.74, 6) is 0.262. The Morgan fingerprint density at radius 1 is 1.38 bits per heavy atom. The molecule has 5 heteroatoms. The number of benzene rings is 1. The van der Waals surface area contributed by atoms with Crippen molar-refractivity contribution in [3.05, 3.63) is 29.8 Å². The molecule has 1 amide bonds. The molecule has 0 aromatic heterocycles. The summed E-state index contributed by atoms with van der Waals surface area (Å²) in [4.78, 5) is 16.6. The lowest BCUT2D eigenvalue weighted by atomic mass is 10.1. The molecule has 21 heavy (non-hydrogen) atoms. The van der Waals surface area contributed by atoms with E-state index < -0.39 is 0 Å². The first-order valence-corrected chi connectivity index (χ1v) is 7.35. The summed E-state index contributed by atoms with van der Waals surface area (Å²) < 4.78 is 0. The fraction of sp³-hybridized carbons (Fsp3) is 0.562. The van der Waals surface area contributed by atoms with Crippen molar-refractivity contribution in [3.63, 3.8) is 0 Å². The van der Waals surface area contributed by atoms with Crippen LogP contribution in [0.15, 0.2) is 24.3 Å². The van der Waals surface area contributed by atoms with Crippen LogP contribution in [0.25, 0.3) is 0 Å². The molecular formula is C16H26ClN3O. The van der Waals surface area contributed by atoms with E-state index in [4.69, 9.17) is 5.73 Å². The van der Waals surface area contributed by atoms with Gasteiger partial charge in [-0.05, 0) is 45.0 Å². The monoisotopic (exact) mass is 311 g/mol. The molecule has 4 nitrogen and oxygen atoms in total. The third-order valence-corrected chi connectivity index (χ3v) is 3.94. The summed E-state index contributed by atoms with van der Waals surface area (Å²) in [7, 11) is 4.12. The smallest absolute Gasteiger partial charge is 0.223 e. The summed E-state index contributed by atoms with van der Waals surface area (Å²) in [6.07, 6.45) is 3.53. The van der Waals surface area contributed by atoms with E-state index in [-0.39, 0.29) is 18.3 Å². The Labute approximate surface area is 133 Å². The third-order valence-electron chi connectivity index (χ3n) is 3.94. The molecule has 1 unspecified atom stereocenters. The van der Waals surface area contributed by atoms with Crippen molar-refractivity contribution in [3.8, 4) is 0 Å². The number of halogens is 1. The number of anilines is 1. The highest BCUT2D eigenvalue weighted by Gasteiger charge is 2.28. The number of carbonyl (C=O) groups excluding carboxylic acids is 1. The van der Waals surface area contributed by atoms with E-state index in [2.05, 4.69) is 23.9 Å². The van der Waals surface area contributed by atoms with E-state index in [9.17, 15) is 4.79 Å². The number of nitrogens with zero attached hydrogens (tertiary/aromatic N) is 2. The molecule has 1 fully saturated rings. The van der Waals surface area contributed by atoms with E-state index in [0.717, 1.165) is 43.6 Å². The van der Waals surface area contributed by atoms with Crippen molar-refractivity contribution in [2.24, 2.45) is 0 Å². The van der Waals surface area contributed by atoms with Gasteiger partial charge in [0.25, 0.3) is 0 Å². The van der Waals surface area contributed by atoms with E-state index in [1.54, 1.807) is 0 Å². The number of nitrogens with two attached hydrogens (primary N) is 1. The van der Waals surface area contributed by atoms with Crippen LogP contribution in [0.1, 0.15) is 24.8 Å². The predicted octanol–water partition coefficient (Wildman–Crippen LogP) is 2.18. The van der Waals surface area contributed by atoms with Crippen molar-refractivity contribution >= 4 is 24.0 Å². The third kappa shape index (κ3) is 4.90. The maximum Gasteiger partial charge on any atom is 0.223 e. The van der Waals surface area contributed by atoms with Crippen molar-refractivity contribution < 1.29 is 4.79 Å². The summed E-state index contributed by atoms with van der Waals surface area (Å²) in [5.41, 5.74) is 7.78. The standard InChI is InChI=1S/C16H25N3O.ClH/c1-18(2)12-14-7-5-11-19(14)16(20)10-9-13-6-3-4-8-15(13)17;/h3-4,6,8,14H,5,7,9-12,17H2,1-2H3;1H. The molecular weight excluding hydrogens is 286 g/mol. The molecule has 1 saturated heterocycles. The van der Waals surface area contributed by atoms with E-state index in [1.807, 2.05) is 24.3 Å². The first-order valence-electron chi connectivity index (χ1n) is 7.35. The molecule has 0 radical (unpaired) electrons. The van der Waals surface area contributed by atoms with E-state index in [1.165, 1.54) is 0 Å². The molecule has 1 aliphatic heterocycles. The summed E-state index contributed by atoms with van der Waals surface area (Å²) in [6.45, 7) is 1.86. The Hall–Kier alpha value is -1.26. The van der Waals surface area contributed by atoms with Gasteiger partial charge in [-0.3, -0.25) is 4.79 Å². The molecule has 1 aromatic carbocycles. The van der Waals surface area contributed by atoms with Crippen molar-refractivity contribution in [2.75, 3.05) is 32.9 Å². The minimum absolute atomic E-state index is 0. The van der Waals surface area contributed by atoms with Gasteiger partial charge in [0.2, 0.25) is 5.91 Å². The quantitative estimate of drug-likeness (QED) is 0.848. The number of likely N-dealkylation sites (tertiary alicyclic amines) is 1. The Morgan fingerprint density at radius 3 is 2.76 bits per heavy atom. The Balaban J connectivity index is 0.00000220. The van der Waals surface area contributed by atoms with Gasteiger partial charge in [0.05, 0.1) is 0 Å². The molecule has 1 aliphatic rings. The average molecular weight is 312 g/mol. The first kappa shape index (κ1) is 17.8. The van der Waals surface area contributed by atoms with Gasteiger partial charge >= 0.3 is 0 Å². The van der Waals surface area contributed by atoms with Gasteiger partial charge in [-0.15, -0.1) is 12.4 Å². The molecule has 2 rings (SSSR count). The molecule has 1 heterocycles. The van der Waals surface area contributed by atoms with Crippen molar-refractivity contribution in [1.29, 1.82) is 0 Å². The highest BCUT2D eigenvalue weighted by molar-refractivity contribution is 5.85. The number of hydrogen-bond acceptors (Lipinski definition) is 3. The number of nitrogen functional groups attached to an aromatic ring is 1. The van der Waals surface area contributed by atoms with Crippen LogP contribution < -0.4 is 5.73 Å². The molecule has 1 aromatic rings. The molecule has 2 N–H and O–H groups in total. The highest BCUT2D eigenvalue weighted by Crippen LogP contribution is 2.20. The number of carbonyl (C=O) groups is 1. The van der Waals surface area contributed by atoms with Crippen LogP contribution in [0, 0.1) is 0 Å². The summed E-state index contributed by atoms with van der Waals surface area (Å²) in [5, 5.41) is 0. The number of rotatable bonds is 5. The van der Waals surface area contributed by atoms with Crippen molar-refractivity contribution in [1.82, 2.24) is 9.80 Å². The molecule has 1 atom stereocenters. The summed E-state index contributed by atoms with van der Waals surface area (Å²) in [6, 6.07) is 8.18. The second kappa shape index (κ2) is 8.25. The number of aryl methyl sites for hydroxylation is 1. The van der Waals surface area contributed by atoms with Crippen LogP contribution in [0.4, 0.5) is 5.69 Å². The van der Waals surface area contributed by atoms with Gasteiger partial charge in [0.15, 0.2) is 0 Å². The van der Waals surface area contributed by atoms with Gasteiger partial charge in [-0.2, -0.15) is 0 Å². The fourth-order valence-corrected chi connectivity index (χ4v) is 2.92. The maximum absolute atomic E-state index is 12.4. The van der Waals surface area contributed by atoms with Crippen LogP contribution in [0.3, 0.4) is 0 Å². The van der Waals surface area contributed by atoms with Crippen LogP contribution >= 0.6 is 12.4 Å². The largest absolute Gasteiger partial charge is 0.399 e. The molecule has 0 spiro atoms.